The zero-order chi connectivity index (χ0) is 17.7. The molecule has 1 amide bonds. The fraction of sp³-hybridized carbons (Fsp3) is 0.263. The highest BCUT2D eigenvalue weighted by atomic mass is 16.6. The Bertz CT molecular complexity index is 730. The van der Waals surface area contributed by atoms with E-state index >= 15 is 0 Å². The number of aliphatic carboxylic acids is 1. The van der Waals surface area contributed by atoms with Gasteiger partial charge in [-0.05, 0) is 11.1 Å². The highest BCUT2D eigenvalue weighted by molar-refractivity contribution is 5.86. The molecule has 1 heterocycles. The molecule has 6 heteroatoms. The van der Waals surface area contributed by atoms with E-state index in [9.17, 15) is 14.7 Å². The minimum absolute atomic E-state index is 0.0687. The molecule has 1 fully saturated rings. The Morgan fingerprint density at radius 1 is 1.08 bits per heavy atom. The maximum Gasteiger partial charge on any atom is 0.408 e. The van der Waals surface area contributed by atoms with E-state index in [1.807, 2.05) is 60.7 Å². The molecule has 0 bridgehead atoms. The number of hydrogen-bond donors (Lipinski definition) is 2. The lowest BCUT2D eigenvalue weighted by Gasteiger charge is -2.28. The van der Waals surface area contributed by atoms with Gasteiger partial charge in [-0.15, -0.1) is 0 Å². The van der Waals surface area contributed by atoms with E-state index in [0.717, 1.165) is 11.1 Å². The lowest BCUT2D eigenvalue weighted by Crippen LogP contribution is -2.60. The zero-order valence-electron chi connectivity index (χ0n) is 13.6. The number of epoxide rings is 1. The number of rotatable bonds is 7. The maximum absolute atomic E-state index is 12.2. The normalized spacial score (nSPS) is 18.0. The lowest BCUT2D eigenvalue weighted by molar-refractivity contribution is -0.145. The van der Waals surface area contributed by atoms with Crippen LogP contribution in [0.25, 0.3) is 0 Å². The summed E-state index contributed by atoms with van der Waals surface area (Å²) in [7, 11) is 0. The van der Waals surface area contributed by atoms with Gasteiger partial charge in [-0.1, -0.05) is 60.7 Å². The largest absolute Gasteiger partial charge is 0.479 e. The number of carboxylic acid groups (broad SMARTS) is 1. The average molecular weight is 341 g/mol. The molecule has 1 saturated heterocycles. The van der Waals surface area contributed by atoms with Crippen molar-refractivity contribution in [2.24, 2.45) is 0 Å². The van der Waals surface area contributed by atoms with E-state index in [2.05, 4.69) is 5.32 Å². The number of hydrogen-bond acceptors (Lipinski definition) is 4. The van der Waals surface area contributed by atoms with E-state index in [-0.39, 0.29) is 19.6 Å². The first-order chi connectivity index (χ1) is 12.1. The van der Waals surface area contributed by atoms with Crippen LogP contribution in [0.3, 0.4) is 0 Å². The van der Waals surface area contributed by atoms with Crippen molar-refractivity contribution in [3.8, 4) is 0 Å². The van der Waals surface area contributed by atoms with Gasteiger partial charge in [0.2, 0.25) is 0 Å². The van der Waals surface area contributed by atoms with Gasteiger partial charge in [0.25, 0.3) is 0 Å². The summed E-state index contributed by atoms with van der Waals surface area (Å²) in [5.74, 6) is -1.14. The summed E-state index contributed by atoms with van der Waals surface area (Å²) >= 11 is 0. The molecular formula is C19H19NO5. The molecule has 2 atom stereocenters. The lowest BCUT2D eigenvalue weighted by atomic mass is 9.87. The van der Waals surface area contributed by atoms with Gasteiger partial charge in [-0.25, -0.2) is 9.59 Å². The molecule has 6 nitrogen and oxygen atoms in total. The van der Waals surface area contributed by atoms with Crippen LogP contribution in [0.5, 0.6) is 0 Å². The Balaban J connectivity index is 1.71. The molecule has 3 rings (SSSR count). The summed E-state index contributed by atoms with van der Waals surface area (Å²) in [6.07, 6.45) is -1.24. The third-order valence-electron chi connectivity index (χ3n) is 4.13. The number of carboxylic acids is 1. The maximum atomic E-state index is 12.2. The van der Waals surface area contributed by atoms with Crippen molar-refractivity contribution in [1.29, 1.82) is 0 Å². The van der Waals surface area contributed by atoms with Crippen molar-refractivity contribution in [1.82, 2.24) is 5.32 Å². The first kappa shape index (κ1) is 17.0. The van der Waals surface area contributed by atoms with Crippen molar-refractivity contribution < 1.29 is 24.2 Å². The van der Waals surface area contributed by atoms with Gasteiger partial charge in [0, 0.05) is 6.42 Å². The smallest absolute Gasteiger partial charge is 0.408 e. The molecule has 130 valence electrons. The Morgan fingerprint density at radius 2 is 1.64 bits per heavy atom. The standard InChI is InChI=1S/C19H19NO5/c21-17(22)19(16-13-24-16,11-14-7-3-1-4-8-14)20-18(23)25-12-15-9-5-2-6-10-15/h1-10,16H,11-13H2,(H,20,23)(H,21,22)/t16?,19-/m1/s1. The van der Waals surface area contributed by atoms with Crippen LogP contribution in [-0.2, 0) is 27.3 Å². The van der Waals surface area contributed by atoms with E-state index in [1.54, 1.807) is 0 Å². The fourth-order valence-electron chi connectivity index (χ4n) is 2.70. The quantitative estimate of drug-likeness (QED) is 0.755. The molecule has 0 aromatic heterocycles. The predicted molar refractivity (Wildman–Crippen MR) is 90.0 cm³/mol. The van der Waals surface area contributed by atoms with Crippen molar-refractivity contribution in [3.05, 3.63) is 71.8 Å². The zero-order valence-corrected chi connectivity index (χ0v) is 13.6. The first-order valence-corrected chi connectivity index (χ1v) is 7.98. The highest BCUT2D eigenvalue weighted by Gasteiger charge is 2.54. The molecule has 0 radical (unpaired) electrons. The fourth-order valence-corrected chi connectivity index (χ4v) is 2.70. The van der Waals surface area contributed by atoms with Crippen LogP contribution in [0.2, 0.25) is 0 Å². The monoisotopic (exact) mass is 341 g/mol. The molecular weight excluding hydrogens is 322 g/mol. The average Bonchev–Trinajstić information content (AvgIpc) is 3.46. The molecule has 1 aliphatic rings. The summed E-state index contributed by atoms with van der Waals surface area (Å²) in [6, 6.07) is 18.3. The Hall–Kier alpha value is -2.86. The number of alkyl carbamates (subject to hydrolysis) is 1. The van der Waals surface area contributed by atoms with Crippen LogP contribution in [0.4, 0.5) is 4.79 Å². The number of carbonyl (C=O) groups excluding carboxylic acids is 1. The molecule has 1 aliphatic heterocycles. The van der Waals surface area contributed by atoms with Crippen molar-refractivity contribution in [2.75, 3.05) is 6.61 Å². The topological polar surface area (TPSA) is 88.2 Å². The summed E-state index contributed by atoms with van der Waals surface area (Å²) < 4.78 is 10.4. The number of benzene rings is 2. The van der Waals surface area contributed by atoms with Crippen LogP contribution in [0.15, 0.2) is 60.7 Å². The molecule has 2 aromatic carbocycles. The third-order valence-corrected chi connectivity index (χ3v) is 4.13. The van der Waals surface area contributed by atoms with Gasteiger partial charge in [0.05, 0.1) is 6.61 Å². The molecule has 0 saturated carbocycles. The van der Waals surface area contributed by atoms with Crippen LogP contribution >= 0.6 is 0 Å². The number of amides is 1. The van der Waals surface area contributed by atoms with Crippen molar-refractivity contribution >= 4 is 12.1 Å². The molecule has 2 N–H and O–H groups in total. The Kier molecular flexibility index (Phi) is 5.00. The van der Waals surface area contributed by atoms with Gasteiger partial charge in [0.15, 0.2) is 5.54 Å². The van der Waals surface area contributed by atoms with Gasteiger partial charge < -0.3 is 19.9 Å². The second-order valence-corrected chi connectivity index (χ2v) is 5.95. The van der Waals surface area contributed by atoms with E-state index in [4.69, 9.17) is 9.47 Å². The van der Waals surface area contributed by atoms with Crippen molar-refractivity contribution in [2.45, 2.75) is 24.7 Å². The predicted octanol–water partition coefficient (Wildman–Crippen LogP) is 2.38. The molecule has 0 aliphatic carbocycles. The highest BCUT2D eigenvalue weighted by Crippen LogP contribution is 2.29. The number of ether oxygens (including phenoxy) is 2. The summed E-state index contributed by atoms with van der Waals surface area (Å²) in [5, 5.41) is 12.3. The minimum atomic E-state index is -1.55. The summed E-state index contributed by atoms with van der Waals surface area (Å²) in [5.41, 5.74) is 0.0721. The van der Waals surface area contributed by atoms with Crippen LogP contribution < -0.4 is 5.32 Å². The molecule has 25 heavy (non-hydrogen) atoms. The number of carbonyl (C=O) groups is 2. The molecule has 0 spiro atoms. The Labute approximate surface area is 145 Å². The minimum Gasteiger partial charge on any atom is -0.479 e. The van der Waals surface area contributed by atoms with Gasteiger partial charge in [-0.3, -0.25) is 0 Å². The van der Waals surface area contributed by atoms with E-state index in [0.29, 0.717) is 0 Å². The Morgan fingerprint density at radius 3 is 2.16 bits per heavy atom. The van der Waals surface area contributed by atoms with Crippen LogP contribution in [-0.4, -0.2) is 35.4 Å². The van der Waals surface area contributed by atoms with Gasteiger partial charge in [0.1, 0.15) is 12.7 Å². The first-order valence-electron chi connectivity index (χ1n) is 7.98. The third kappa shape index (κ3) is 4.16. The number of nitrogens with one attached hydrogen (secondary N) is 1. The summed E-state index contributed by atoms with van der Waals surface area (Å²) in [4.78, 5) is 24.2. The van der Waals surface area contributed by atoms with E-state index < -0.39 is 23.7 Å². The van der Waals surface area contributed by atoms with Crippen LogP contribution in [0.1, 0.15) is 11.1 Å². The summed E-state index contributed by atoms with van der Waals surface area (Å²) in [6.45, 7) is 0.358. The van der Waals surface area contributed by atoms with Gasteiger partial charge in [-0.2, -0.15) is 0 Å². The second kappa shape index (κ2) is 7.36. The second-order valence-electron chi connectivity index (χ2n) is 5.95. The van der Waals surface area contributed by atoms with Gasteiger partial charge >= 0.3 is 12.1 Å². The SMILES string of the molecule is O=C(N[C@@](Cc1ccccc1)(C(=O)O)C1CO1)OCc1ccccc1. The van der Waals surface area contributed by atoms with Crippen LogP contribution in [0, 0.1) is 0 Å². The molecule has 1 unspecified atom stereocenters. The van der Waals surface area contributed by atoms with E-state index in [1.165, 1.54) is 0 Å². The van der Waals surface area contributed by atoms with Crippen molar-refractivity contribution in [3.63, 3.8) is 0 Å². The molecule has 2 aromatic rings.